The Balaban J connectivity index is 2.40. The van der Waals surface area contributed by atoms with Crippen LogP contribution in [0.3, 0.4) is 0 Å². The van der Waals surface area contributed by atoms with E-state index in [2.05, 4.69) is 4.98 Å². The van der Waals surface area contributed by atoms with Gasteiger partial charge in [-0.25, -0.2) is 4.98 Å². The van der Waals surface area contributed by atoms with Crippen molar-refractivity contribution in [1.29, 1.82) is 0 Å². The number of rotatable bonds is 1. The zero-order valence-electron chi connectivity index (χ0n) is 6.67. The molecule has 1 aromatic heterocycles. The number of nitrogens with zero attached hydrogens (tertiary/aromatic N) is 2. The molecule has 70 valence electrons. The van der Waals surface area contributed by atoms with Crippen molar-refractivity contribution in [2.75, 3.05) is 11.4 Å². The predicted molar refractivity (Wildman–Crippen MR) is 46.3 cm³/mol. The van der Waals surface area contributed by atoms with Crippen molar-refractivity contribution in [2.24, 2.45) is 0 Å². The summed E-state index contributed by atoms with van der Waals surface area (Å²) in [5.41, 5.74) is 1.35. The number of aromatic nitrogens is 1. The lowest BCUT2D eigenvalue weighted by atomic mass is 10.2. The number of alkyl halides is 2. The minimum atomic E-state index is -2.46. The minimum Gasteiger partial charge on any atom is -0.315 e. The second kappa shape index (κ2) is 3.10. The van der Waals surface area contributed by atoms with Crippen molar-refractivity contribution in [2.45, 2.75) is 13.0 Å². The summed E-state index contributed by atoms with van der Waals surface area (Å²) in [5.74, 6) is 0. The Labute approximate surface area is 79.1 Å². The zero-order chi connectivity index (χ0) is 9.42. The third kappa shape index (κ3) is 1.46. The van der Waals surface area contributed by atoms with Crippen LogP contribution in [0.1, 0.15) is 5.56 Å². The molecular weight excluding hydrogens is 198 g/mol. The summed E-state index contributed by atoms with van der Waals surface area (Å²) < 4.78 is 24.8. The number of fused-ring (bicyclic) bond motifs is 1. The first-order valence-corrected chi connectivity index (χ1v) is 4.25. The van der Waals surface area contributed by atoms with Crippen LogP contribution < -0.4 is 4.90 Å². The number of pyridine rings is 1. The van der Waals surface area contributed by atoms with Crippen molar-refractivity contribution in [3.05, 3.63) is 23.0 Å². The van der Waals surface area contributed by atoms with E-state index in [4.69, 9.17) is 11.6 Å². The molecular formula is C8H7ClF2N2. The van der Waals surface area contributed by atoms with Crippen molar-refractivity contribution >= 4 is 17.3 Å². The van der Waals surface area contributed by atoms with Gasteiger partial charge in [-0.3, -0.25) is 0 Å². The first-order chi connectivity index (χ1) is 6.18. The van der Waals surface area contributed by atoms with E-state index in [1.807, 2.05) is 0 Å². The highest BCUT2D eigenvalue weighted by Crippen LogP contribution is 2.31. The predicted octanol–water partition coefficient (Wildman–Crippen LogP) is 2.32. The van der Waals surface area contributed by atoms with Gasteiger partial charge in [-0.1, -0.05) is 11.6 Å². The van der Waals surface area contributed by atoms with Crippen LogP contribution in [0.5, 0.6) is 0 Å². The van der Waals surface area contributed by atoms with Crippen molar-refractivity contribution < 1.29 is 8.78 Å². The van der Waals surface area contributed by atoms with E-state index in [-0.39, 0.29) is 5.15 Å². The molecule has 0 aliphatic carbocycles. The summed E-state index contributed by atoms with van der Waals surface area (Å²) in [6, 6.07) is 1.48. The molecule has 0 spiro atoms. The maximum absolute atomic E-state index is 12.4. The van der Waals surface area contributed by atoms with Crippen molar-refractivity contribution in [3.8, 4) is 0 Å². The Morgan fingerprint density at radius 3 is 3.00 bits per heavy atom. The van der Waals surface area contributed by atoms with Crippen LogP contribution in [0.4, 0.5) is 14.5 Å². The molecule has 0 radical (unpaired) electrons. The van der Waals surface area contributed by atoms with Crippen LogP contribution in [-0.2, 0) is 6.42 Å². The molecule has 1 aliphatic heterocycles. The monoisotopic (exact) mass is 204 g/mol. The van der Waals surface area contributed by atoms with Crippen LogP contribution >= 0.6 is 11.6 Å². The Morgan fingerprint density at radius 1 is 1.54 bits per heavy atom. The summed E-state index contributed by atoms with van der Waals surface area (Å²) in [6.07, 6.45) is 2.17. The second-order valence-electron chi connectivity index (χ2n) is 2.86. The smallest absolute Gasteiger partial charge is 0.315 e. The van der Waals surface area contributed by atoms with E-state index in [1.54, 1.807) is 6.20 Å². The molecule has 0 fully saturated rings. The van der Waals surface area contributed by atoms with Gasteiger partial charge in [0.15, 0.2) is 0 Å². The number of halogens is 3. The summed E-state index contributed by atoms with van der Waals surface area (Å²) >= 11 is 5.61. The van der Waals surface area contributed by atoms with Gasteiger partial charge in [-0.2, -0.15) is 8.78 Å². The maximum atomic E-state index is 12.4. The molecule has 2 heterocycles. The highest BCUT2D eigenvalue weighted by atomic mass is 35.5. The summed E-state index contributed by atoms with van der Waals surface area (Å²) in [7, 11) is 0. The van der Waals surface area contributed by atoms with Gasteiger partial charge >= 0.3 is 6.55 Å². The Morgan fingerprint density at radius 2 is 2.31 bits per heavy atom. The highest BCUT2D eigenvalue weighted by Gasteiger charge is 2.25. The molecule has 0 atom stereocenters. The van der Waals surface area contributed by atoms with E-state index in [1.165, 1.54) is 6.07 Å². The van der Waals surface area contributed by atoms with Crippen molar-refractivity contribution in [3.63, 3.8) is 0 Å². The van der Waals surface area contributed by atoms with E-state index in [9.17, 15) is 8.78 Å². The minimum absolute atomic E-state index is 0.256. The average molecular weight is 205 g/mol. The Bertz CT molecular complexity index is 330. The lowest BCUT2D eigenvalue weighted by molar-refractivity contribution is 0.145. The highest BCUT2D eigenvalue weighted by molar-refractivity contribution is 6.29. The molecule has 0 aromatic carbocycles. The van der Waals surface area contributed by atoms with Crippen LogP contribution in [0.15, 0.2) is 12.3 Å². The van der Waals surface area contributed by atoms with Gasteiger partial charge in [-0.15, -0.1) is 0 Å². The van der Waals surface area contributed by atoms with Gasteiger partial charge in [0.05, 0.1) is 0 Å². The Kier molecular flexibility index (Phi) is 2.07. The molecule has 1 aromatic rings. The topological polar surface area (TPSA) is 16.1 Å². The van der Waals surface area contributed by atoms with Gasteiger partial charge in [0.1, 0.15) is 5.15 Å². The van der Waals surface area contributed by atoms with Gasteiger partial charge in [0, 0.05) is 18.4 Å². The van der Waals surface area contributed by atoms with Gasteiger partial charge in [0.25, 0.3) is 0 Å². The third-order valence-electron chi connectivity index (χ3n) is 2.10. The van der Waals surface area contributed by atoms with E-state index < -0.39 is 6.55 Å². The van der Waals surface area contributed by atoms with E-state index in [0.717, 1.165) is 10.5 Å². The summed E-state index contributed by atoms with van der Waals surface area (Å²) in [5, 5.41) is 0.256. The maximum Gasteiger partial charge on any atom is 0.315 e. The van der Waals surface area contributed by atoms with Crippen molar-refractivity contribution in [1.82, 2.24) is 4.98 Å². The number of hydrogen-bond acceptors (Lipinski definition) is 2. The van der Waals surface area contributed by atoms with E-state index in [0.29, 0.717) is 18.7 Å². The molecule has 0 unspecified atom stereocenters. The molecule has 0 saturated heterocycles. The zero-order valence-corrected chi connectivity index (χ0v) is 7.43. The third-order valence-corrected chi connectivity index (χ3v) is 2.30. The van der Waals surface area contributed by atoms with Crippen LogP contribution in [0.2, 0.25) is 5.15 Å². The fourth-order valence-corrected chi connectivity index (χ4v) is 1.62. The summed E-state index contributed by atoms with van der Waals surface area (Å²) in [6.45, 7) is -2.12. The number of anilines is 1. The van der Waals surface area contributed by atoms with Crippen LogP contribution in [0.25, 0.3) is 0 Å². The fraction of sp³-hybridized carbons (Fsp3) is 0.375. The molecule has 0 bridgehead atoms. The molecule has 13 heavy (non-hydrogen) atoms. The molecule has 5 heteroatoms. The normalized spacial score (nSPS) is 15.2. The Hall–Kier alpha value is -0.900. The van der Waals surface area contributed by atoms with Crippen LogP contribution in [0, 0.1) is 0 Å². The van der Waals surface area contributed by atoms with Gasteiger partial charge in [0.2, 0.25) is 0 Å². The lowest BCUT2D eigenvalue weighted by Gasteiger charge is -2.17. The van der Waals surface area contributed by atoms with Crippen LogP contribution in [-0.4, -0.2) is 18.1 Å². The SMILES string of the molecule is FC(F)N1CCc2cnc(Cl)cc21. The largest absolute Gasteiger partial charge is 0.315 e. The fourth-order valence-electron chi connectivity index (χ4n) is 1.47. The molecule has 1 aliphatic rings. The van der Waals surface area contributed by atoms with E-state index >= 15 is 0 Å². The van der Waals surface area contributed by atoms with Gasteiger partial charge < -0.3 is 4.90 Å². The molecule has 2 nitrogen and oxygen atoms in total. The standard InChI is InChI=1S/C8H7ClF2N2/c9-7-3-6-5(4-12-7)1-2-13(6)8(10)11/h3-4,8H,1-2H2. The lowest BCUT2D eigenvalue weighted by Crippen LogP contribution is -2.26. The summed E-state index contributed by atoms with van der Waals surface area (Å²) in [4.78, 5) is 4.87. The number of hydrogen-bond donors (Lipinski definition) is 0. The molecule has 0 amide bonds. The molecule has 0 N–H and O–H groups in total. The van der Waals surface area contributed by atoms with Gasteiger partial charge in [-0.05, 0) is 18.1 Å². The first-order valence-electron chi connectivity index (χ1n) is 3.87. The first kappa shape index (κ1) is 8.69. The quantitative estimate of drug-likeness (QED) is 0.516. The average Bonchev–Trinajstić information content (AvgIpc) is 2.46. The second-order valence-corrected chi connectivity index (χ2v) is 3.24. The molecule has 2 rings (SSSR count). The molecule has 0 saturated carbocycles.